The van der Waals surface area contributed by atoms with Crippen LogP contribution in [0.1, 0.15) is 19.1 Å². The highest BCUT2D eigenvalue weighted by Crippen LogP contribution is 2.23. The van der Waals surface area contributed by atoms with E-state index in [-0.39, 0.29) is 0 Å². The summed E-state index contributed by atoms with van der Waals surface area (Å²) in [5, 5.41) is 0.881. The summed E-state index contributed by atoms with van der Waals surface area (Å²) < 4.78 is 5.77. The SMILES string of the molecule is CCC(=Cc1ccc(-c2cccnc2)o1)CBr. The molecule has 0 N–H and O–H groups in total. The van der Waals surface area contributed by atoms with Gasteiger partial charge in [-0.3, -0.25) is 4.98 Å². The molecule has 0 atom stereocenters. The number of halogens is 1. The number of pyridine rings is 1. The number of nitrogens with zero attached hydrogens (tertiary/aromatic N) is 1. The van der Waals surface area contributed by atoms with Crippen molar-refractivity contribution in [2.75, 3.05) is 5.33 Å². The molecular formula is C14H14BrNO. The van der Waals surface area contributed by atoms with Gasteiger partial charge in [0.1, 0.15) is 11.5 Å². The van der Waals surface area contributed by atoms with Gasteiger partial charge in [-0.15, -0.1) is 0 Å². The Morgan fingerprint density at radius 3 is 2.94 bits per heavy atom. The molecule has 88 valence electrons. The summed E-state index contributed by atoms with van der Waals surface area (Å²) in [6.07, 6.45) is 6.66. The molecule has 0 saturated heterocycles. The largest absolute Gasteiger partial charge is 0.457 e. The molecular weight excluding hydrogens is 278 g/mol. The van der Waals surface area contributed by atoms with Crippen LogP contribution in [-0.2, 0) is 0 Å². The first kappa shape index (κ1) is 12.1. The Bertz CT molecular complexity index is 496. The first-order chi connectivity index (χ1) is 8.33. The first-order valence-corrected chi connectivity index (χ1v) is 6.71. The number of furan rings is 1. The summed E-state index contributed by atoms with van der Waals surface area (Å²) in [5.74, 6) is 1.74. The van der Waals surface area contributed by atoms with E-state index in [9.17, 15) is 0 Å². The monoisotopic (exact) mass is 291 g/mol. The van der Waals surface area contributed by atoms with Gasteiger partial charge in [-0.05, 0) is 36.8 Å². The average Bonchev–Trinajstić information content (AvgIpc) is 2.85. The van der Waals surface area contributed by atoms with Crippen molar-refractivity contribution in [3.8, 4) is 11.3 Å². The zero-order chi connectivity index (χ0) is 12.1. The predicted molar refractivity (Wildman–Crippen MR) is 74.0 cm³/mol. The predicted octanol–water partition coefficient (Wildman–Crippen LogP) is 4.53. The number of allylic oxidation sites excluding steroid dienone is 1. The third-order valence-corrected chi connectivity index (χ3v) is 3.27. The lowest BCUT2D eigenvalue weighted by atomic mass is 10.2. The maximum Gasteiger partial charge on any atom is 0.136 e. The van der Waals surface area contributed by atoms with Crippen LogP contribution in [0.5, 0.6) is 0 Å². The smallest absolute Gasteiger partial charge is 0.136 e. The van der Waals surface area contributed by atoms with Crippen molar-refractivity contribution >= 4 is 22.0 Å². The molecule has 0 spiro atoms. The minimum Gasteiger partial charge on any atom is -0.457 e. The van der Waals surface area contributed by atoms with Crippen molar-refractivity contribution in [3.05, 3.63) is 48.0 Å². The van der Waals surface area contributed by atoms with Crippen LogP contribution in [0.2, 0.25) is 0 Å². The quantitative estimate of drug-likeness (QED) is 0.774. The van der Waals surface area contributed by atoms with Crippen LogP contribution < -0.4 is 0 Å². The maximum atomic E-state index is 5.77. The summed E-state index contributed by atoms with van der Waals surface area (Å²) in [7, 11) is 0. The van der Waals surface area contributed by atoms with Crippen molar-refractivity contribution in [3.63, 3.8) is 0 Å². The van der Waals surface area contributed by atoms with Gasteiger partial charge < -0.3 is 4.42 Å². The highest BCUT2D eigenvalue weighted by molar-refractivity contribution is 9.09. The van der Waals surface area contributed by atoms with E-state index in [1.807, 2.05) is 24.3 Å². The molecule has 0 radical (unpaired) electrons. The van der Waals surface area contributed by atoms with Crippen LogP contribution in [0.4, 0.5) is 0 Å². The van der Waals surface area contributed by atoms with Gasteiger partial charge in [0.2, 0.25) is 0 Å². The fourth-order valence-electron chi connectivity index (χ4n) is 1.53. The molecule has 0 aromatic carbocycles. The topological polar surface area (TPSA) is 26.0 Å². The molecule has 17 heavy (non-hydrogen) atoms. The van der Waals surface area contributed by atoms with Crippen LogP contribution in [0.3, 0.4) is 0 Å². The maximum absolute atomic E-state index is 5.77. The minimum absolute atomic E-state index is 0.856. The molecule has 2 heterocycles. The molecule has 0 aliphatic rings. The van der Waals surface area contributed by atoms with Gasteiger partial charge in [0.25, 0.3) is 0 Å². The van der Waals surface area contributed by atoms with Gasteiger partial charge in [0, 0.05) is 23.3 Å². The van der Waals surface area contributed by atoms with E-state index in [0.717, 1.165) is 28.8 Å². The van der Waals surface area contributed by atoms with Crippen LogP contribution >= 0.6 is 15.9 Å². The normalized spacial score (nSPS) is 11.8. The summed E-state index contributed by atoms with van der Waals surface area (Å²) in [4.78, 5) is 4.08. The highest BCUT2D eigenvalue weighted by atomic mass is 79.9. The lowest BCUT2D eigenvalue weighted by molar-refractivity contribution is 0.571. The molecule has 0 amide bonds. The van der Waals surface area contributed by atoms with Crippen LogP contribution in [0, 0.1) is 0 Å². The highest BCUT2D eigenvalue weighted by Gasteiger charge is 2.03. The average molecular weight is 292 g/mol. The van der Waals surface area contributed by atoms with Gasteiger partial charge in [-0.2, -0.15) is 0 Å². The van der Waals surface area contributed by atoms with Gasteiger partial charge in [0.05, 0.1) is 0 Å². The van der Waals surface area contributed by atoms with E-state index in [0.29, 0.717) is 0 Å². The lowest BCUT2D eigenvalue weighted by Gasteiger charge is -1.97. The summed E-state index contributed by atoms with van der Waals surface area (Å²) in [6.45, 7) is 2.14. The van der Waals surface area contributed by atoms with Crippen molar-refractivity contribution in [1.29, 1.82) is 0 Å². The van der Waals surface area contributed by atoms with E-state index in [4.69, 9.17) is 4.42 Å². The molecule has 0 saturated carbocycles. The Morgan fingerprint density at radius 2 is 2.29 bits per heavy atom. The molecule has 2 aromatic heterocycles. The van der Waals surface area contributed by atoms with Crippen molar-refractivity contribution < 1.29 is 4.42 Å². The Kier molecular flexibility index (Phi) is 4.15. The van der Waals surface area contributed by atoms with Crippen LogP contribution in [-0.4, -0.2) is 10.3 Å². The first-order valence-electron chi connectivity index (χ1n) is 5.59. The molecule has 2 aromatic rings. The molecule has 0 unspecified atom stereocenters. The third kappa shape index (κ3) is 3.07. The molecule has 0 bridgehead atoms. The van der Waals surface area contributed by atoms with Gasteiger partial charge in [0.15, 0.2) is 0 Å². The minimum atomic E-state index is 0.856. The van der Waals surface area contributed by atoms with E-state index in [1.54, 1.807) is 12.4 Å². The second-order valence-electron chi connectivity index (χ2n) is 3.73. The number of aromatic nitrogens is 1. The second-order valence-corrected chi connectivity index (χ2v) is 4.29. The number of rotatable bonds is 4. The summed E-state index contributed by atoms with van der Waals surface area (Å²) >= 11 is 3.47. The standard InChI is InChI=1S/C14H14BrNO/c1-2-11(9-15)8-13-5-6-14(17-13)12-4-3-7-16-10-12/h3-8,10H,2,9H2,1H3. The second kappa shape index (κ2) is 5.82. The van der Waals surface area contributed by atoms with E-state index < -0.39 is 0 Å². The zero-order valence-corrected chi connectivity index (χ0v) is 11.3. The van der Waals surface area contributed by atoms with Crippen LogP contribution in [0.25, 0.3) is 17.4 Å². The lowest BCUT2D eigenvalue weighted by Crippen LogP contribution is -1.80. The molecule has 0 aliphatic heterocycles. The Balaban J connectivity index is 2.25. The summed E-state index contributed by atoms with van der Waals surface area (Å²) in [6, 6.07) is 7.86. The van der Waals surface area contributed by atoms with Gasteiger partial charge in [-0.25, -0.2) is 0 Å². The Labute approximate surface area is 110 Å². The van der Waals surface area contributed by atoms with Crippen molar-refractivity contribution in [2.45, 2.75) is 13.3 Å². The van der Waals surface area contributed by atoms with Crippen molar-refractivity contribution in [1.82, 2.24) is 4.98 Å². The van der Waals surface area contributed by atoms with Crippen molar-refractivity contribution in [2.24, 2.45) is 0 Å². The fraction of sp³-hybridized carbons (Fsp3) is 0.214. The molecule has 2 rings (SSSR count). The van der Waals surface area contributed by atoms with Gasteiger partial charge >= 0.3 is 0 Å². The number of hydrogen-bond acceptors (Lipinski definition) is 2. The molecule has 3 heteroatoms. The Hall–Kier alpha value is -1.35. The van der Waals surface area contributed by atoms with Crippen LogP contribution in [0.15, 0.2) is 46.6 Å². The molecule has 2 nitrogen and oxygen atoms in total. The number of alkyl halides is 1. The van der Waals surface area contributed by atoms with E-state index >= 15 is 0 Å². The summed E-state index contributed by atoms with van der Waals surface area (Å²) in [5.41, 5.74) is 2.32. The third-order valence-electron chi connectivity index (χ3n) is 2.54. The molecule has 0 aliphatic carbocycles. The van der Waals surface area contributed by atoms with E-state index in [2.05, 4.69) is 33.9 Å². The van der Waals surface area contributed by atoms with E-state index in [1.165, 1.54) is 5.57 Å². The zero-order valence-electron chi connectivity index (χ0n) is 9.69. The Morgan fingerprint density at radius 1 is 1.41 bits per heavy atom. The molecule has 0 fully saturated rings. The fourth-order valence-corrected chi connectivity index (χ4v) is 2.09. The number of hydrogen-bond donors (Lipinski definition) is 0. The van der Waals surface area contributed by atoms with Gasteiger partial charge in [-0.1, -0.05) is 28.4 Å².